The second kappa shape index (κ2) is 8.13. The lowest BCUT2D eigenvalue weighted by molar-refractivity contribution is 0.694. The van der Waals surface area contributed by atoms with Crippen molar-refractivity contribution in [3.8, 4) is 0 Å². The zero-order valence-corrected chi connectivity index (χ0v) is 11.5. The topological polar surface area (TPSA) is 24.1 Å². The van der Waals surface area contributed by atoms with E-state index in [1.165, 1.54) is 29.7 Å². The lowest BCUT2D eigenvalue weighted by Crippen LogP contribution is -2.11. The SMILES string of the molecule is CCc1cccc(CC)c1NCCCCNC. The van der Waals surface area contributed by atoms with Crippen molar-refractivity contribution in [2.24, 2.45) is 0 Å². The van der Waals surface area contributed by atoms with Gasteiger partial charge in [-0.1, -0.05) is 32.0 Å². The lowest BCUT2D eigenvalue weighted by atomic mass is 10.0. The van der Waals surface area contributed by atoms with Crippen molar-refractivity contribution in [3.05, 3.63) is 29.3 Å². The van der Waals surface area contributed by atoms with Gasteiger partial charge in [0.2, 0.25) is 0 Å². The van der Waals surface area contributed by atoms with Crippen LogP contribution < -0.4 is 10.6 Å². The third-order valence-corrected chi connectivity index (χ3v) is 3.15. The molecule has 1 aromatic rings. The van der Waals surface area contributed by atoms with Crippen molar-refractivity contribution in [1.29, 1.82) is 0 Å². The minimum absolute atomic E-state index is 1.08. The predicted octanol–water partition coefficient (Wildman–Crippen LogP) is 3.22. The van der Waals surface area contributed by atoms with E-state index in [0.717, 1.165) is 25.9 Å². The summed E-state index contributed by atoms with van der Waals surface area (Å²) >= 11 is 0. The molecule has 1 rings (SSSR count). The zero-order valence-electron chi connectivity index (χ0n) is 11.5. The minimum Gasteiger partial charge on any atom is -0.385 e. The summed E-state index contributed by atoms with van der Waals surface area (Å²) in [6.07, 6.45) is 4.67. The summed E-state index contributed by atoms with van der Waals surface area (Å²) in [5.74, 6) is 0. The van der Waals surface area contributed by atoms with Gasteiger partial charge in [0.1, 0.15) is 0 Å². The van der Waals surface area contributed by atoms with E-state index >= 15 is 0 Å². The van der Waals surface area contributed by atoms with Gasteiger partial charge in [-0.3, -0.25) is 0 Å². The van der Waals surface area contributed by atoms with Crippen LogP contribution in [0.5, 0.6) is 0 Å². The van der Waals surface area contributed by atoms with Crippen molar-refractivity contribution in [3.63, 3.8) is 0 Å². The van der Waals surface area contributed by atoms with Gasteiger partial charge in [-0.15, -0.1) is 0 Å². The second-order valence-electron chi connectivity index (χ2n) is 4.40. The number of anilines is 1. The number of benzene rings is 1. The van der Waals surface area contributed by atoms with Crippen LogP contribution in [-0.2, 0) is 12.8 Å². The summed E-state index contributed by atoms with van der Waals surface area (Å²) in [6, 6.07) is 6.63. The molecule has 0 saturated heterocycles. The van der Waals surface area contributed by atoms with Crippen LogP contribution in [0.2, 0.25) is 0 Å². The first-order valence-corrected chi connectivity index (χ1v) is 6.82. The number of unbranched alkanes of at least 4 members (excludes halogenated alkanes) is 1. The van der Waals surface area contributed by atoms with Gasteiger partial charge in [0.25, 0.3) is 0 Å². The van der Waals surface area contributed by atoms with Gasteiger partial charge < -0.3 is 10.6 Å². The minimum atomic E-state index is 1.08. The van der Waals surface area contributed by atoms with Crippen LogP contribution in [0, 0.1) is 0 Å². The lowest BCUT2D eigenvalue weighted by Gasteiger charge is -2.15. The fraction of sp³-hybridized carbons (Fsp3) is 0.600. The molecule has 0 fully saturated rings. The van der Waals surface area contributed by atoms with E-state index < -0.39 is 0 Å². The molecule has 96 valence electrons. The van der Waals surface area contributed by atoms with Crippen molar-refractivity contribution in [2.75, 3.05) is 25.5 Å². The molecule has 0 aliphatic carbocycles. The molecule has 0 saturated carbocycles. The van der Waals surface area contributed by atoms with Crippen molar-refractivity contribution in [2.45, 2.75) is 39.5 Å². The summed E-state index contributed by atoms with van der Waals surface area (Å²) < 4.78 is 0. The number of hydrogen-bond donors (Lipinski definition) is 2. The van der Waals surface area contributed by atoms with E-state index in [4.69, 9.17) is 0 Å². The molecular weight excluding hydrogens is 208 g/mol. The van der Waals surface area contributed by atoms with E-state index in [1.807, 2.05) is 7.05 Å². The number of hydrogen-bond acceptors (Lipinski definition) is 2. The fourth-order valence-corrected chi connectivity index (χ4v) is 2.11. The fourth-order valence-electron chi connectivity index (χ4n) is 2.11. The third-order valence-electron chi connectivity index (χ3n) is 3.15. The Kier molecular flexibility index (Phi) is 6.71. The average Bonchev–Trinajstić information content (AvgIpc) is 2.38. The molecule has 0 unspecified atom stereocenters. The molecule has 0 atom stereocenters. The quantitative estimate of drug-likeness (QED) is 0.675. The molecule has 0 aliphatic rings. The Morgan fingerprint density at radius 1 is 0.941 bits per heavy atom. The molecular formula is C15H26N2. The highest BCUT2D eigenvalue weighted by Gasteiger charge is 2.04. The highest BCUT2D eigenvalue weighted by molar-refractivity contribution is 5.57. The second-order valence-corrected chi connectivity index (χ2v) is 4.40. The molecule has 2 heteroatoms. The molecule has 2 N–H and O–H groups in total. The zero-order chi connectivity index (χ0) is 12.5. The predicted molar refractivity (Wildman–Crippen MR) is 76.8 cm³/mol. The van der Waals surface area contributed by atoms with Crippen molar-refractivity contribution < 1.29 is 0 Å². The van der Waals surface area contributed by atoms with Gasteiger partial charge in [-0.25, -0.2) is 0 Å². The number of para-hydroxylation sites is 1. The van der Waals surface area contributed by atoms with Gasteiger partial charge in [0.05, 0.1) is 0 Å². The average molecular weight is 234 g/mol. The van der Waals surface area contributed by atoms with Gasteiger partial charge >= 0.3 is 0 Å². The molecule has 0 amide bonds. The van der Waals surface area contributed by atoms with Crippen LogP contribution in [-0.4, -0.2) is 20.1 Å². The maximum absolute atomic E-state index is 3.61. The molecule has 2 nitrogen and oxygen atoms in total. The Labute approximate surface area is 106 Å². The Bertz CT molecular complexity index is 298. The molecule has 1 aromatic carbocycles. The highest BCUT2D eigenvalue weighted by atomic mass is 14.9. The number of aryl methyl sites for hydroxylation is 2. The monoisotopic (exact) mass is 234 g/mol. The van der Waals surface area contributed by atoms with E-state index in [-0.39, 0.29) is 0 Å². The Hall–Kier alpha value is -1.02. The normalized spacial score (nSPS) is 10.5. The van der Waals surface area contributed by atoms with Gasteiger partial charge in [-0.2, -0.15) is 0 Å². The Balaban J connectivity index is 2.55. The van der Waals surface area contributed by atoms with E-state index in [1.54, 1.807) is 0 Å². The standard InChI is InChI=1S/C15H26N2/c1-4-13-9-8-10-14(5-2)15(13)17-12-7-6-11-16-3/h8-10,16-17H,4-7,11-12H2,1-3H3. The first kappa shape index (κ1) is 14.0. The Morgan fingerprint density at radius 3 is 2.06 bits per heavy atom. The van der Waals surface area contributed by atoms with E-state index in [0.29, 0.717) is 0 Å². The summed E-state index contributed by atoms with van der Waals surface area (Å²) in [4.78, 5) is 0. The van der Waals surface area contributed by atoms with Crippen LogP contribution in [0.15, 0.2) is 18.2 Å². The molecule has 0 bridgehead atoms. The first-order chi connectivity index (χ1) is 8.33. The smallest absolute Gasteiger partial charge is 0.0405 e. The highest BCUT2D eigenvalue weighted by Crippen LogP contribution is 2.22. The number of rotatable bonds is 8. The number of nitrogens with one attached hydrogen (secondary N) is 2. The molecule has 0 spiro atoms. The molecule has 0 heterocycles. The van der Waals surface area contributed by atoms with Gasteiger partial charge in [-0.05, 0) is 50.4 Å². The van der Waals surface area contributed by atoms with Crippen LogP contribution in [0.1, 0.15) is 37.8 Å². The van der Waals surface area contributed by atoms with Gasteiger partial charge in [0, 0.05) is 12.2 Å². The van der Waals surface area contributed by atoms with Crippen LogP contribution in [0.3, 0.4) is 0 Å². The maximum atomic E-state index is 3.61. The molecule has 0 aromatic heterocycles. The van der Waals surface area contributed by atoms with Crippen LogP contribution in [0.25, 0.3) is 0 Å². The van der Waals surface area contributed by atoms with E-state index in [9.17, 15) is 0 Å². The summed E-state index contributed by atoms with van der Waals surface area (Å²) in [5, 5.41) is 6.80. The molecule has 17 heavy (non-hydrogen) atoms. The van der Waals surface area contributed by atoms with E-state index in [2.05, 4.69) is 42.7 Å². The molecule has 0 radical (unpaired) electrons. The van der Waals surface area contributed by atoms with Gasteiger partial charge in [0.15, 0.2) is 0 Å². The third kappa shape index (κ3) is 4.39. The Morgan fingerprint density at radius 2 is 1.53 bits per heavy atom. The molecule has 0 aliphatic heterocycles. The summed E-state index contributed by atoms with van der Waals surface area (Å²) in [6.45, 7) is 6.63. The van der Waals surface area contributed by atoms with Crippen LogP contribution in [0.4, 0.5) is 5.69 Å². The van der Waals surface area contributed by atoms with Crippen molar-refractivity contribution >= 4 is 5.69 Å². The summed E-state index contributed by atoms with van der Waals surface area (Å²) in [7, 11) is 2.01. The van der Waals surface area contributed by atoms with Crippen LogP contribution >= 0.6 is 0 Å². The largest absolute Gasteiger partial charge is 0.385 e. The maximum Gasteiger partial charge on any atom is 0.0405 e. The summed E-state index contributed by atoms with van der Waals surface area (Å²) in [5.41, 5.74) is 4.26. The first-order valence-electron chi connectivity index (χ1n) is 6.82. The van der Waals surface area contributed by atoms with Crippen molar-refractivity contribution in [1.82, 2.24) is 5.32 Å².